The Hall–Kier alpha value is -3.14. The summed E-state index contributed by atoms with van der Waals surface area (Å²) in [6.45, 7) is 4.67. The van der Waals surface area contributed by atoms with Gasteiger partial charge >= 0.3 is 0 Å². The third-order valence-electron chi connectivity index (χ3n) is 7.40. The lowest BCUT2D eigenvalue weighted by Gasteiger charge is -2.29. The molecule has 0 aromatic heterocycles. The van der Waals surface area contributed by atoms with Crippen LogP contribution in [0, 0.1) is 17.6 Å². The molecule has 3 aromatic rings. The summed E-state index contributed by atoms with van der Waals surface area (Å²) < 4.78 is 40.1. The Bertz CT molecular complexity index is 1140. The van der Waals surface area contributed by atoms with Gasteiger partial charge in [-0.15, -0.1) is 0 Å². The third kappa shape index (κ3) is 7.21. The van der Waals surface area contributed by atoms with Gasteiger partial charge in [0.05, 0.1) is 12.9 Å². The lowest BCUT2D eigenvalue weighted by molar-refractivity contribution is 0.200. The average Bonchev–Trinajstić information content (AvgIpc) is 2.94. The number of hydrogen-bond acceptors (Lipinski definition) is 2. The van der Waals surface area contributed by atoms with Crippen LogP contribution in [0.15, 0.2) is 73.0 Å². The maximum atomic E-state index is 14.6. The van der Waals surface area contributed by atoms with Crippen LogP contribution in [0.1, 0.15) is 75.8 Å². The van der Waals surface area contributed by atoms with E-state index >= 15 is 0 Å². The Morgan fingerprint density at radius 1 is 0.838 bits per heavy atom. The minimum atomic E-state index is -0.991. The first-order valence-electron chi connectivity index (χ1n) is 13.7. The van der Waals surface area contributed by atoms with Crippen molar-refractivity contribution in [2.75, 3.05) is 6.61 Å². The van der Waals surface area contributed by atoms with E-state index in [-0.39, 0.29) is 11.3 Å². The van der Waals surface area contributed by atoms with Gasteiger partial charge in [-0.2, -0.15) is 4.39 Å². The first kappa shape index (κ1) is 26.9. The largest absolute Gasteiger partial charge is 0.493 e. The minimum Gasteiger partial charge on any atom is -0.493 e. The van der Waals surface area contributed by atoms with Crippen LogP contribution in [-0.4, -0.2) is 6.61 Å². The molecule has 1 fully saturated rings. The van der Waals surface area contributed by atoms with E-state index in [9.17, 15) is 8.78 Å². The number of hydrogen-bond donors (Lipinski definition) is 0. The van der Waals surface area contributed by atoms with Crippen LogP contribution < -0.4 is 9.47 Å². The molecule has 0 bridgehead atoms. The fraction of sp³-hybridized carbons (Fsp3) is 0.394. The zero-order valence-electron chi connectivity index (χ0n) is 22.0. The number of rotatable bonds is 11. The van der Waals surface area contributed by atoms with E-state index in [1.807, 2.05) is 12.1 Å². The molecule has 2 nitrogen and oxygen atoms in total. The van der Waals surface area contributed by atoms with Crippen LogP contribution >= 0.6 is 0 Å². The Kier molecular flexibility index (Phi) is 9.76. The van der Waals surface area contributed by atoms with Crippen molar-refractivity contribution in [3.8, 4) is 22.6 Å². The molecule has 0 amide bonds. The second kappa shape index (κ2) is 13.4. The van der Waals surface area contributed by atoms with Crippen molar-refractivity contribution < 1.29 is 18.3 Å². The molecule has 1 aliphatic rings. The van der Waals surface area contributed by atoms with E-state index in [4.69, 9.17) is 9.47 Å². The maximum Gasteiger partial charge on any atom is 0.201 e. The highest BCUT2D eigenvalue weighted by Crippen LogP contribution is 2.36. The molecular weight excluding hydrogens is 466 g/mol. The second-order valence-corrected chi connectivity index (χ2v) is 10.1. The molecule has 4 heteroatoms. The molecule has 1 aliphatic carbocycles. The van der Waals surface area contributed by atoms with Gasteiger partial charge in [-0.3, -0.25) is 0 Å². The van der Waals surface area contributed by atoms with Crippen molar-refractivity contribution in [3.05, 3.63) is 95.8 Å². The maximum absolute atomic E-state index is 14.6. The first-order chi connectivity index (χ1) is 18.1. The summed E-state index contributed by atoms with van der Waals surface area (Å²) in [5.41, 5.74) is 3.72. The molecule has 0 unspecified atom stereocenters. The first-order valence-corrected chi connectivity index (χ1v) is 13.7. The summed E-state index contributed by atoms with van der Waals surface area (Å²) in [6.07, 6.45) is 12.7. The predicted molar refractivity (Wildman–Crippen MR) is 147 cm³/mol. The summed E-state index contributed by atoms with van der Waals surface area (Å²) in [4.78, 5) is 0. The average molecular weight is 505 g/mol. The topological polar surface area (TPSA) is 18.5 Å². The van der Waals surface area contributed by atoms with Gasteiger partial charge in [-0.05, 0) is 98.2 Å². The Balaban J connectivity index is 1.26. The fourth-order valence-electron chi connectivity index (χ4n) is 5.13. The van der Waals surface area contributed by atoms with Crippen molar-refractivity contribution in [2.45, 2.75) is 71.1 Å². The van der Waals surface area contributed by atoms with Crippen LogP contribution in [-0.2, 0) is 6.42 Å². The van der Waals surface area contributed by atoms with Crippen LogP contribution in [0.4, 0.5) is 8.78 Å². The molecule has 0 spiro atoms. The zero-order chi connectivity index (χ0) is 26.0. The lowest BCUT2D eigenvalue weighted by Crippen LogP contribution is -2.19. The molecule has 4 rings (SSSR count). The molecule has 0 radical (unpaired) electrons. The molecule has 0 heterocycles. The number of halogens is 2. The Morgan fingerprint density at radius 2 is 1.57 bits per heavy atom. The van der Waals surface area contributed by atoms with Gasteiger partial charge in [0.2, 0.25) is 5.82 Å². The lowest BCUT2D eigenvalue weighted by atomic mass is 9.79. The normalized spacial score (nSPS) is 17.7. The van der Waals surface area contributed by atoms with Gasteiger partial charge in [0.25, 0.3) is 0 Å². The van der Waals surface area contributed by atoms with E-state index in [2.05, 4.69) is 31.2 Å². The van der Waals surface area contributed by atoms with Crippen LogP contribution in [0.5, 0.6) is 11.5 Å². The molecule has 0 atom stereocenters. The SMILES string of the molecule is CC=COc1ccc(-c2ccc(OCC3CCC(c4ccc(CCCCC)cc4)CC3)cc2)c(F)c1F. The highest BCUT2D eigenvalue weighted by molar-refractivity contribution is 5.66. The van der Waals surface area contributed by atoms with Gasteiger partial charge in [-0.25, -0.2) is 4.39 Å². The quantitative estimate of drug-likeness (QED) is 0.191. The fourth-order valence-corrected chi connectivity index (χ4v) is 5.13. The van der Waals surface area contributed by atoms with Gasteiger partial charge < -0.3 is 9.47 Å². The molecule has 0 saturated heterocycles. The van der Waals surface area contributed by atoms with Crippen LogP contribution in [0.2, 0.25) is 0 Å². The zero-order valence-corrected chi connectivity index (χ0v) is 22.0. The van der Waals surface area contributed by atoms with Gasteiger partial charge in [0, 0.05) is 5.56 Å². The molecule has 0 aliphatic heterocycles. The number of unbranched alkanes of at least 4 members (excludes halogenated alkanes) is 2. The molecule has 0 N–H and O–H groups in total. The molecular formula is C33H38F2O2. The highest BCUT2D eigenvalue weighted by atomic mass is 19.2. The molecule has 1 saturated carbocycles. The Morgan fingerprint density at radius 3 is 2.24 bits per heavy atom. The number of aryl methyl sites for hydroxylation is 1. The van der Waals surface area contributed by atoms with Gasteiger partial charge in [-0.1, -0.05) is 62.2 Å². The smallest absolute Gasteiger partial charge is 0.201 e. The minimum absolute atomic E-state index is 0.131. The van der Waals surface area contributed by atoms with Gasteiger partial charge in [0.1, 0.15) is 5.75 Å². The third-order valence-corrected chi connectivity index (χ3v) is 7.40. The van der Waals surface area contributed by atoms with Gasteiger partial charge in [0.15, 0.2) is 11.6 Å². The monoisotopic (exact) mass is 504 g/mol. The Labute approximate surface area is 220 Å². The molecule has 37 heavy (non-hydrogen) atoms. The van der Waals surface area contributed by atoms with E-state index in [1.54, 1.807) is 25.1 Å². The molecule has 3 aromatic carbocycles. The predicted octanol–water partition coefficient (Wildman–Crippen LogP) is 9.63. The van der Waals surface area contributed by atoms with Crippen molar-refractivity contribution in [3.63, 3.8) is 0 Å². The van der Waals surface area contributed by atoms with Crippen molar-refractivity contribution >= 4 is 0 Å². The van der Waals surface area contributed by atoms with E-state index in [0.717, 1.165) is 18.6 Å². The number of ether oxygens (including phenoxy) is 2. The number of allylic oxidation sites excluding steroid dienone is 1. The second-order valence-electron chi connectivity index (χ2n) is 10.1. The van der Waals surface area contributed by atoms with Crippen molar-refractivity contribution in [1.82, 2.24) is 0 Å². The van der Waals surface area contributed by atoms with Crippen LogP contribution in [0.3, 0.4) is 0 Å². The van der Waals surface area contributed by atoms with E-state index < -0.39 is 11.6 Å². The van der Waals surface area contributed by atoms with E-state index in [1.165, 1.54) is 68.0 Å². The molecule has 196 valence electrons. The van der Waals surface area contributed by atoms with Crippen molar-refractivity contribution in [1.29, 1.82) is 0 Å². The number of benzene rings is 3. The summed E-state index contributed by atoms with van der Waals surface area (Å²) in [7, 11) is 0. The summed E-state index contributed by atoms with van der Waals surface area (Å²) in [6, 6.07) is 19.5. The summed E-state index contributed by atoms with van der Waals surface area (Å²) >= 11 is 0. The highest BCUT2D eigenvalue weighted by Gasteiger charge is 2.23. The van der Waals surface area contributed by atoms with E-state index in [0.29, 0.717) is 24.0 Å². The standard InChI is InChI=1S/C33H38F2O2/c1-3-5-6-7-24-8-12-26(13-9-24)27-14-10-25(11-15-27)23-37-29-18-16-28(17-19-29)30-20-21-31(36-22-4-2)33(35)32(30)34/h4,8-9,12-13,16-22,25,27H,3,5-7,10-11,14-15,23H2,1-2H3. The summed E-state index contributed by atoms with van der Waals surface area (Å²) in [5.74, 6) is -0.106. The van der Waals surface area contributed by atoms with Crippen LogP contribution in [0.25, 0.3) is 11.1 Å². The summed E-state index contributed by atoms with van der Waals surface area (Å²) in [5, 5.41) is 0. The van der Waals surface area contributed by atoms with Crippen molar-refractivity contribution in [2.24, 2.45) is 5.92 Å².